The van der Waals surface area contributed by atoms with E-state index in [0.717, 1.165) is 63.4 Å². The number of halogens is 4. The van der Waals surface area contributed by atoms with Crippen LogP contribution in [-0.4, -0.2) is 12.9 Å². The van der Waals surface area contributed by atoms with Crippen LogP contribution in [0.15, 0.2) is 12.1 Å². The minimum absolute atomic E-state index is 0.0485. The molecule has 0 aromatic heterocycles. The van der Waals surface area contributed by atoms with Gasteiger partial charge >= 0.3 is 6.61 Å². The fraction of sp³-hybridized carbons (Fsp3) is 0.650. The van der Waals surface area contributed by atoms with Crippen molar-refractivity contribution in [2.45, 2.75) is 63.9 Å². The molecule has 1 aromatic carbocycles. The Kier molecular flexibility index (Phi) is 6.20. The maximum atomic E-state index is 14.0. The highest BCUT2D eigenvalue weighted by Gasteiger charge is 2.36. The van der Waals surface area contributed by atoms with E-state index in [1.165, 1.54) is 0 Å². The topological polar surface area (TPSA) is 26.3 Å². The van der Waals surface area contributed by atoms with E-state index in [9.17, 15) is 22.4 Å². The third-order valence-corrected chi connectivity index (χ3v) is 6.11. The molecule has 2 fully saturated rings. The van der Waals surface area contributed by atoms with Crippen molar-refractivity contribution in [3.63, 3.8) is 0 Å². The molecular formula is C20H24F4O2. The molecule has 2 aliphatic rings. The number of hydrogen-bond donors (Lipinski definition) is 0. The van der Waals surface area contributed by atoms with Gasteiger partial charge in [0.15, 0.2) is 17.4 Å². The van der Waals surface area contributed by atoms with Crippen LogP contribution in [0.2, 0.25) is 0 Å². The number of benzene rings is 1. The van der Waals surface area contributed by atoms with E-state index in [1.54, 1.807) is 0 Å². The molecule has 4 atom stereocenters. The fourth-order valence-electron chi connectivity index (χ4n) is 4.87. The van der Waals surface area contributed by atoms with Crippen molar-refractivity contribution < 1.29 is 27.1 Å². The minimum atomic E-state index is -3.25. The van der Waals surface area contributed by atoms with E-state index < -0.39 is 24.0 Å². The van der Waals surface area contributed by atoms with Gasteiger partial charge in [0, 0.05) is 6.42 Å². The number of carbonyl (C=O) groups is 1. The van der Waals surface area contributed by atoms with Crippen LogP contribution in [0.3, 0.4) is 0 Å². The van der Waals surface area contributed by atoms with Gasteiger partial charge in [0.2, 0.25) is 0 Å². The summed E-state index contributed by atoms with van der Waals surface area (Å²) in [6, 6.07) is 2.28. The Morgan fingerprint density at radius 2 is 1.69 bits per heavy atom. The number of hydrogen-bond acceptors (Lipinski definition) is 2. The Bertz CT molecular complexity index is 611. The zero-order chi connectivity index (χ0) is 18.7. The van der Waals surface area contributed by atoms with Crippen LogP contribution in [0.4, 0.5) is 17.6 Å². The monoisotopic (exact) mass is 372 g/mol. The van der Waals surface area contributed by atoms with Crippen molar-refractivity contribution in [3.05, 3.63) is 29.3 Å². The molecule has 0 aliphatic heterocycles. The zero-order valence-corrected chi connectivity index (χ0v) is 14.6. The van der Waals surface area contributed by atoms with Crippen LogP contribution in [-0.2, 0) is 4.79 Å². The molecule has 144 valence electrons. The van der Waals surface area contributed by atoms with E-state index in [-0.39, 0.29) is 5.92 Å². The maximum Gasteiger partial charge on any atom is 0.387 e. The van der Waals surface area contributed by atoms with Crippen molar-refractivity contribution in [3.8, 4) is 5.75 Å². The summed E-state index contributed by atoms with van der Waals surface area (Å²) in [4.78, 5) is 10.6. The predicted octanol–water partition coefficient (Wildman–Crippen LogP) is 5.85. The molecular weight excluding hydrogens is 348 g/mol. The van der Waals surface area contributed by atoms with Gasteiger partial charge in [0.1, 0.15) is 6.29 Å². The van der Waals surface area contributed by atoms with Crippen LogP contribution < -0.4 is 4.74 Å². The Labute approximate surface area is 150 Å². The Balaban J connectivity index is 1.65. The number of carbonyl (C=O) groups excluding carboxylic acids is 1. The highest BCUT2D eigenvalue weighted by atomic mass is 19.3. The summed E-state index contributed by atoms with van der Waals surface area (Å²) in [7, 11) is 0. The molecule has 0 bridgehead atoms. The lowest BCUT2D eigenvalue weighted by molar-refractivity contribution is -0.108. The average Bonchev–Trinajstić information content (AvgIpc) is 2.62. The van der Waals surface area contributed by atoms with Gasteiger partial charge in [-0.15, -0.1) is 0 Å². The lowest BCUT2D eigenvalue weighted by Gasteiger charge is -2.42. The van der Waals surface area contributed by atoms with Crippen LogP contribution in [0.25, 0.3) is 0 Å². The largest absolute Gasteiger partial charge is 0.429 e. The Morgan fingerprint density at radius 1 is 1.04 bits per heavy atom. The van der Waals surface area contributed by atoms with E-state index in [0.29, 0.717) is 29.7 Å². The molecule has 0 radical (unpaired) electrons. The van der Waals surface area contributed by atoms with Gasteiger partial charge in [0.05, 0.1) is 0 Å². The second-order valence-corrected chi connectivity index (χ2v) is 7.65. The van der Waals surface area contributed by atoms with Crippen molar-refractivity contribution in [1.29, 1.82) is 0 Å². The smallest absolute Gasteiger partial charge is 0.387 e. The summed E-state index contributed by atoms with van der Waals surface area (Å²) in [6.45, 7) is -3.25. The number of ether oxygens (including phenoxy) is 1. The molecule has 0 saturated heterocycles. The quantitative estimate of drug-likeness (QED) is 0.463. The van der Waals surface area contributed by atoms with Gasteiger partial charge < -0.3 is 9.53 Å². The second-order valence-electron chi connectivity index (χ2n) is 7.65. The number of rotatable bonds is 6. The summed E-state index contributed by atoms with van der Waals surface area (Å²) in [5.41, 5.74) is 0.531. The second kappa shape index (κ2) is 8.40. The SMILES string of the molecule is O=CCC[C@@H]1CC[C@@H]2CC(c3cc(F)c(OC(F)F)c(F)c3)CC[C@@H]2C1. The van der Waals surface area contributed by atoms with Gasteiger partial charge in [-0.05, 0) is 79.9 Å². The standard InChI is InChI=1S/C20H24F4O2/c21-17-10-16(11-18(22)19(17)26-20(23)24)15-6-5-13-8-12(2-1-7-25)3-4-14(13)9-15/h7,10-15,20H,1-6,8-9H2/t12-,13-,14-,15?/m1/s1. The van der Waals surface area contributed by atoms with Crippen LogP contribution in [0, 0.1) is 29.4 Å². The maximum absolute atomic E-state index is 14.0. The lowest BCUT2D eigenvalue weighted by Crippen LogP contribution is -2.30. The molecule has 3 rings (SSSR count). The average molecular weight is 372 g/mol. The zero-order valence-electron chi connectivity index (χ0n) is 14.6. The molecule has 2 nitrogen and oxygen atoms in total. The number of alkyl halides is 2. The summed E-state index contributed by atoms with van der Waals surface area (Å²) in [5, 5.41) is 0. The summed E-state index contributed by atoms with van der Waals surface area (Å²) >= 11 is 0. The highest BCUT2D eigenvalue weighted by Crippen LogP contribution is 2.48. The number of fused-ring (bicyclic) bond motifs is 1. The van der Waals surface area contributed by atoms with Gasteiger partial charge in [-0.25, -0.2) is 8.78 Å². The van der Waals surface area contributed by atoms with E-state index in [1.807, 2.05) is 0 Å². The third-order valence-electron chi connectivity index (χ3n) is 6.11. The molecule has 0 N–H and O–H groups in total. The van der Waals surface area contributed by atoms with Gasteiger partial charge in [-0.3, -0.25) is 0 Å². The first kappa shape index (κ1) is 19.2. The van der Waals surface area contributed by atoms with Crippen molar-refractivity contribution in [2.24, 2.45) is 17.8 Å². The molecule has 1 unspecified atom stereocenters. The molecule has 2 aliphatic carbocycles. The Morgan fingerprint density at radius 3 is 2.35 bits per heavy atom. The summed E-state index contributed by atoms with van der Waals surface area (Å²) in [5.74, 6) is -1.34. The van der Waals surface area contributed by atoms with E-state index in [2.05, 4.69) is 4.74 Å². The lowest BCUT2D eigenvalue weighted by atomic mass is 9.63. The van der Waals surface area contributed by atoms with Crippen LogP contribution >= 0.6 is 0 Å². The Hall–Kier alpha value is -1.59. The predicted molar refractivity (Wildman–Crippen MR) is 89.2 cm³/mol. The molecule has 0 amide bonds. The number of aldehydes is 1. The first-order valence-electron chi connectivity index (χ1n) is 9.35. The molecule has 0 spiro atoms. The molecule has 1 aromatic rings. The minimum Gasteiger partial charge on any atom is -0.429 e. The molecule has 6 heteroatoms. The molecule has 26 heavy (non-hydrogen) atoms. The summed E-state index contributed by atoms with van der Waals surface area (Å²) < 4.78 is 56.5. The first-order valence-corrected chi connectivity index (χ1v) is 9.35. The molecule has 2 saturated carbocycles. The van der Waals surface area contributed by atoms with E-state index in [4.69, 9.17) is 0 Å². The van der Waals surface area contributed by atoms with Crippen LogP contribution in [0.1, 0.15) is 62.8 Å². The third kappa shape index (κ3) is 4.38. The van der Waals surface area contributed by atoms with Gasteiger partial charge in [-0.1, -0.05) is 6.42 Å². The fourth-order valence-corrected chi connectivity index (χ4v) is 4.87. The van der Waals surface area contributed by atoms with Crippen molar-refractivity contribution >= 4 is 6.29 Å². The van der Waals surface area contributed by atoms with Crippen molar-refractivity contribution in [2.75, 3.05) is 0 Å². The normalized spacial score (nSPS) is 28.7. The highest BCUT2D eigenvalue weighted by molar-refractivity contribution is 5.49. The van der Waals surface area contributed by atoms with Gasteiger partial charge in [-0.2, -0.15) is 8.78 Å². The van der Waals surface area contributed by atoms with E-state index >= 15 is 0 Å². The summed E-state index contributed by atoms with van der Waals surface area (Å²) in [6.07, 6.45) is 8.60. The van der Waals surface area contributed by atoms with Gasteiger partial charge in [0.25, 0.3) is 0 Å². The van der Waals surface area contributed by atoms with Crippen molar-refractivity contribution in [1.82, 2.24) is 0 Å². The van der Waals surface area contributed by atoms with Crippen LogP contribution in [0.5, 0.6) is 5.75 Å². The first-order chi connectivity index (χ1) is 12.5. The molecule has 0 heterocycles.